The number of aliphatic hydroxyl groups excluding tert-OH is 1. The number of anilines is 2. The summed E-state index contributed by atoms with van der Waals surface area (Å²) in [7, 11) is -8.90. The van der Waals surface area contributed by atoms with Crippen molar-refractivity contribution in [3.63, 3.8) is 0 Å². The van der Waals surface area contributed by atoms with Gasteiger partial charge in [-0.25, -0.2) is 33.7 Å². The molecular formula is C34H42ClN9O15P2. The number of hydrogen-bond acceptors (Lipinski definition) is 18. The van der Waals surface area contributed by atoms with Gasteiger partial charge in [0, 0.05) is 37.5 Å². The minimum absolute atomic E-state index is 0.00523. The number of rotatable bonds is 18. The van der Waals surface area contributed by atoms with E-state index in [2.05, 4.69) is 31.0 Å². The van der Waals surface area contributed by atoms with Crippen molar-refractivity contribution in [2.24, 2.45) is 0 Å². The summed E-state index contributed by atoms with van der Waals surface area (Å²) in [5.41, 5.74) is 11.5. The highest BCUT2D eigenvalue weighted by atomic mass is 35.5. The molecule has 0 radical (unpaired) electrons. The number of hydrogen-bond donors (Lipinski definition) is 6. The largest absolute Gasteiger partial charge is 0.472 e. The molecule has 1 amide bonds. The summed E-state index contributed by atoms with van der Waals surface area (Å²) in [6, 6.07) is 6.58. The number of halogens is 1. The molecule has 8 N–H and O–H groups in total. The maximum Gasteiger partial charge on any atom is 0.472 e. The second-order valence-corrected chi connectivity index (χ2v) is 16.9. The van der Waals surface area contributed by atoms with Crippen molar-refractivity contribution < 1.29 is 66.3 Å². The van der Waals surface area contributed by atoms with E-state index in [1.165, 1.54) is 35.1 Å². The molecule has 2 saturated heterocycles. The van der Waals surface area contributed by atoms with E-state index in [-0.39, 0.29) is 42.1 Å². The Morgan fingerprint density at radius 1 is 1.10 bits per heavy atom. The first-order valence-electron chi connectivity index (χ1n) is 18.3. The van der Waals surface area contributed by atoms with Gasteiger partial charge in [0.25, 0.3) is 0 Å². The standard InChI is InChI=1S/C34H42ClN9O15P2/c1-3-4-8-25(45)42(2)20(12-18-6-5-7-19(35)11-18)33(47)58-29-23(57-32(28(29)46)44-17-40-27-30(37)38-16-39-31(27)44)15-55-61(52,53)59-21-13-26(43-10-9-24(36)41-34(43)48)56-22(21)14-54-60(49,50)51/h3,5-7,9-11,16-17,20-23,26,28-29,32,46H,1,4,8,12-15H2,2H3,(H,52,53)(H2,36,41,48)(H2,37,38,39)(H2,49,50,51)/t20-,21+,22-,23?,26-,28?,29?,32?/m1/s1. The van der Waals surface area contributed by atoms with Crippen LogP contribution >= 0.6 is 27.2 Å². The molecule has 9 atom stereocenters. The van der Waals surface area contributed by atoms with E-state index >= 15 is 0 Å². The lowest BCUT2D eigenvalue weighted by Crippen LogP contribution is -2.48. The Hall–Kier alpha value is -4.68. The Labute approximate surface area is 350 Å². The van der Waals surface area contributed by atoms with Crippen LogP contribution in [-0.4, -0.2) is 122 Å². The average Bonchev–Trinajstić information content (AvgIpc) is 3.89. The summed E-state index contributed by atoms with van der Waals surface area (Å²) < 4.78 is 60.4. The van der Waals surface area contributed by atoms with Gasteiger partial charge in [0.15, 0.2) is 23.8 Å². The number of imidazole rings is 1. The predicted molar refractivity (Wildman–Crippen MR) is 211 cm³/mol. The van der Waals surface area contributed by atoms with Crippen LogP contribution in [0.4, 0.5) is 11.6 Å². The maximum atomic E-state index is 14.2. The molecule has 0 spiro atoms. The molecule has 61 heavy (non-hydrogen) atoms. The number of nitrogens with zero attached hydrogens (tertiary/aromatic N) is 7. The van der Waals surface area contributed by atoms with Gasteiger partial charge in [-0.3, -0.25) is 27.5 Å². The number of benzene rings is 1. The molecule has 0 bridgehead atoms. The fourth-order valence-electron chi connectivity index (χ4n) is 6.66. The van der Waals surface area contributed by atoms with Gasteiger partial charge in [-0.2, -0.15) is 4.98 Å². The van der Waals surface area contributed by atoms with Crippen molar-refractivity contribution in [3.8, 4) is 0 Å². The van der Waals surface area contributed by atoms with Crippen molar-refractivity contribution in [3.05, 3.63) is 82.9 Å². The van der Waals surface area contributed by atoms with Crippen molar-refractivity contribution >= 4 is 61.9 Å². The minimum atomic E-state index is -5.23. The molecule has 330 valence electrons. The Morgan fingerprint density at radius 3 is 2.56 bits per heavy atom. The van der Waals surface area contributed by atoms with Crippen LogP contribution in [0, 0.1) is 0 Å². The third-order valence-corrected chi connectivity index (χ3v) is 11.4. The van der Waals surface area contributed by atoms with Crippen LogP contribution in [0.5, 0.6) is 0 Å². The molecule has 2 aliphatic heterocycles. The Kier molecular flexibility index (Phi) is 14.4. The first-order chi connectivity index (χ1) is 28.8. The summed E-state index contributed by atoms with van der Waals surface area (Å²) >= 11 is 6.21. The van der Waals surface area contributed by atoms with E-state index in [0.717, 1.165) is 10.9 Å². The summed E-state index contributed by atoms with van der Waals surface area (Å²) in [5.74, 6) is -1.52. The molecule has 2 aliphatic rings. The first-order valence-corrected chi connectivity index (χ1v) is 21.7. The minimum Gasteiger partial charge on any atom is -0.455 e. The zero-order chi connectivity index (χ0) is 44.2. The number of ether oxygens (including phenoxy) is 3. The average molecular weight is 914 g/mol. The number of likely N-dealkylation sites (N-methyl/N-ethyl adjacent to an activating group) is 1. The topological polar surface area (TPSA) is 338 Å². The maximum absolute atomic E-state index is 14.2. The fourth-order valence-corrected chi connectivity index (χ4v) is 8.17. The van der Waals surface area contributed by atoms with Crippen LogP contribution < -0.4 is 17.2 Å². The number of aromatic nitrogens is 6. The van der Waals surface area contributed by atoms with Crippen molar-refractivity contribution in [1.82, 2.24) is 34.0 Å². The normalized spacial score (nSPS) is 24.3. The summed E-state index contributed by atoms with van der Waals surface area (Å²) in [5, 5.41) is 12.1. The molecule has 3 aromatic heterocycles. The van der Waals surface area contributed by atoms with Crippen molar-refractivity contribution in [1.29, 1.82) is 0 Å². The first kappa shape index (κ1) is 45.8. The monoisotopic (exact) mass is 913 g/mol. The highest BCUT2D eigenvalue weighted by molar-refractivity contribution is 7.47. The lowest BCUT2D eigenvalue weighted by atomic mass is 10.0. The van der Waals surface area contributed by atoms with Gasteiger partial charge in [0.2, 0.25) is 5.91 Å². The molecule has 4 aromatic rings. The van der Waals surface area contributed by atoms with E-state index in [9.17, 15) is 43.3 Å². The number of aliphatic hydroxyl groups is 1. The van der Waals surface area contributed by atoms with E-state index < -0.39 is 95.4 Å². The third kappa shape index (κ3) is 11.2. The van der Waals surface area contributed by atoms with Crippen LogP contribution in [0.2, 0.25) is 5.02 Å². The SMILES string of the molecule is C=CCCC(=O)N(C)[C@H](Cc1cccc(Cl)c1)C(=O)OC1C(COP(=O)(O)O[C@H]2C[C@H](n3ccc(N)nc3=O)O[C@@H]2COP(=O)(O)O)OC(n2cnc3c(N)ncnc32)C1O. The molecule has 5 heterocycles. The van der Waals surface area contributed by atoms with Gasteiger partial charge < -0.3 is 50.4 Å². The second kappa shape index (κ2) is 19.2. The Morgan fingerprint density at radius 2 is 1.85 bits per heavy atom. The Balaban J connectivity index is 1.26. The number of fused-ring (bicyclic) bond motifs is 1. The van der Waals surface area contributed by atoms with Crippen molar-refractivity contribution in [2.45, 2.75) is 74.7 Å². The zero-order valence-electron chi connectivity index (χ0n) is 32.1. The van der Waals surface area contributed by atoms with Crippen LogP contribution in [0.3, 0.4) is 0 Å². The molecule has 27 heteroatoms. The number of carbonyl (C=O) groups is 2. The molecule has 5 unspecified atom stereocenters. The van der Waals surface area contributed by atoms with E-state index in [0.29, 0.717) is 17.0 Å². The number of nitrogen functional groups attached to an aromatic ring is 2. The van der Waals surface area contributed by atoms with Gasteiger partial charge >= 0.3 is 27.3 Å². The molecule has 24 nitrogen and oxygen atoms in total. The highest BCUT2D eigenvalue weighted by Gasteiger charge is 2.50. The number of amides is 1. The second-order valence-electron chi connectivity index (χ2n) is 13.8. The van der Waals surface area contributed by atoms with Gasteiger partial charge in [-0.05, 0) is 30.2 Å². The quantitative estimate of drug-likeness (QED) is 0.0461. The summed E-state index contributed by atoms with van der Waals surface area (Å²) in [6.45, 7) is 1.89. The van der Waals surface area contributed by atoms with Crippen LogP contribution in [-0.2, 0) is 52.9 Å². The van der Waals surface area contributed by atoms with Gasteiger partial charge in [-0.15, -0.1) is 6.58 Å². The zero-order valence-corrected chi connectivity index (χ0v) is 34.6. The number of carbonyl (C=O) groups excluding carboxylic acids is 2. The summed E-state index contributed by atoms with van der Waals surface area (Å²) in [6.07, 6.45) is -5.42. The van der Waals surface area contributed by atoms with Gasteiger partial charge in [-0.1, -0.05) is 29.8 Å². The highest BCUT2D eigenvalue weighted by Crippen LogP contribution is 2.50. The number of phosphoric ester groups is 2. The van der Waals surface area contributed by atoms with Gasteiger partial charge in [0.1, 0.15) is 54.3 Å². The van der Waals surface area contributed by atoms with Crippen molar-refractivity contribution in [2.75, 3.05) is 31.7 Å². The molecule has 2 fully saturated rings. The summed E-state index contributed by atoms with van der Waals surface area (Å²) in [4.78, 5) is 86.6. The Bertz CT molecular complexity index is 2400. The third-order valence-electron chi connectivity index (χ3n) is 9.66. The number of phosphoric acid groups is 2. The molecular weight excluding hydrogens is 872 g/mol. The molecule has 0 saturated carbocycles. The smallest absolute Gasteiger partial charge is 0.455 e. The van der Waals surface area contributed by atoms with E-state index in [1.54, 1.807) is 30.3 Å². The van der Waals surface area contributed by atoms with Gasteiger partial charge in [0.05, 0.1) is 19.5 Å². The molecule has 1 aromatic carbocycles. The van der Waals surface area contributed by atoms with Crippen LogP contribution in [0.15, 0.2) is 66.6 Å². The predicted octanol–water partition coefficient (Wildman–Crippen LogP) is 1.01. The van der Waals surface area contributed by atoms with Crippen LogP contribution in [0.1, 0.15) is 37.3 Å². The lowest BCUT2D eigenvalue weighted by Gasteiger charge is -2.30. The van der Waals surface area contributed by atoms with E-state index in [1.807, 2.05) is 0 Å². The number of allylic oxidation sites excluding steroid dienone is 1. The number of esters is 1. The molecule has 6 rings (SSSR count). The molecule has 0 aliphatic carbocycles. The lowest BCUT2D eigenvalue weighted by molar-refractivity contribution is -0.165. The van der Waals surface area contributed by atoms with E-state index in [4.69, 9.17) is 46.3 Å². The van der Waals surface area contributed by atoms with Crippen LogP contribution in [0.25, 0.3) is 11.2 Å². The fraction of sp³-hybridized carbons (Fsp3) is 0.441. The number of nitrogens with two attached hydrogens (primary N) is 2.